The summed E-state index contributed by atoms with van der Waals surface area (Å²) in [5.74, 6) is 0.663. The zero-order valence-corrected chi connectivity index (χ0v) is 16.6. The maximum atomic E-state index is 12.2. The molecule has 0 aliphatic carbocycles. The first-order valence-electron chi connectivity index (χ1n) is 9.88. The summed E-state index contributed by atoms with van der Waals surface area (Å²) in [5, 5.41) is 10.6. The van der Waals surface area contributed by atoms with Crippen LogP contribution in [0, 0.1) is 5.92 Å². The number of rotatable bonds is 6. The van der Waals surface area contributed by atoms with E-state index >= 15 is 0 Å². The van der Waals surface area contributed by atoms with Crippen molar-refractivity contribution in [2.75, 3.05) is 13.1 Å². The smallest absolute Gasteiger partial charge is 0.315 e. The van der Waals surface area contributed by atoms with Gasteiger partial charge in [-0.1, -0.05) is 44.2 Å². The molecule has 27 heavy (non-hydrogen) atoms. The molecule has 2 N–H and O–H groups in total. The summed E-state index contributed by atoms with van der Waals surface area (Å²) >= 11 is 0. The van der Waals surface area contributed by atoms with Crippen molar-refractivity contribution in [3.05, 3.63) is 53.3 Å². The molecule has 1 aliphatic rings. The second-order valence-corrected chi connectivity index (χ2v) is 7.79. The van der Waals surface area contributed by atoms with Crippen LogP contribution in [0.25, 0.3) is 0 Å². The predicted octanol–water partition coefficient (Wildman–Crippen LogP) is 3.31. The zero-order valence-electron chi connectivity index (χ0n) is 16.6. The Balaban J connectivity index is 1.52. The van der Waals surface area contributed by atoms with Crippen LogP contribution in [0.4, 0.5) is 4.79 Å². The van der Waals surface area contributed by atoms with Crippen molar-refractivity contribution in [1.82, 2.24) is 25.3 Å². The van der Waals surface area contributed by atoms with E-state index in [0.717, 1.165) is 43.9 Å². The minimum absolute atomic E-state index is 0.0329. The van der Waals surface area contributed by atoms with Crippen molar-refractivity contribution < 1.29 is 4.79 Å². The SMILES string of the molecule is CC(C)CN1CCCn2nc(CNC(=O)N[C@H](C)c3ccccc3)cc2C1. The second-order valence-electron chi connectivity index (χ2n) is 7.79. The van der Waals surface area contributed by atoms with Crippen LogP contribution in [0.15, 0.2) is 36.4 Å². The number of nitrogens with zero attached hydrogens (tertiary/aromatic N) is 3. The van der Waals surface area contributed by atoms with Gasteiger partial charge in [-0.2, -0.15) is 5.10 Å². The maximum Gasteiger partial charge on any atom is 0.315 e. The van der Waals surface area contributed by atoms with Crippen molar-refractivity contribution in [2.45, 2.75) is 52.9 Å². The molecule has 0 saturated heterocycles. The van der Waals surface area contributed by atoms with Gasteiger partial charge in [0, 0.05) is 26.2 Å². The van der Waals surface area contributed by atoms with E-state index in [1.165, 1.54) is 5.69 Å². The van der Waals surface area contributed by atoms with E-state index in [-0.39, 0.29) is 12.1 Å². The fourth-order valence-corrected chi connectivity index (χ4v) is 3.59. The van der Waals surface area contributed by atoms with E-state index in [0.29, 0.717) is 12.5 Å². The van der Waals surface area contributed by atoms with E-state index in [1.807, 2.05) is 37.3 Å². The van der Waals surface area contributed by atoms with Crippen LogP contribution in [-0.2, 0) is 19.6 Å². The highest BCUT2D eigenvalue weighted by Crippen LogP contribution is 2.15. The second kappa shape index (κ2) is 9.04. The third-order valence-electron chi connectivity index (χ3n) is 4.84. The third kappa shape index (κ3) is 5.57. The number of aromatic nitrogens is 2. The third-order valence-corrected chi connectivity index (χ3v) is 4.84. The molecule has 1 aromatic heterocycles. The monoisotopic (exact) mass is 369 g/mol. The number of fused-ring (bicyclic) bond motifs is 1. The zero-order chi connectivity index (χ0) is 19.2. The quantitative estimate of drug-likeness (QED) is 0.821. The number of aryl methyl sites for hydroxylation is 1. The maximum absolute atomic E-state index is 12.2. The average molecular weight is 370 g/mol. The molecule has 6 heteroatoms. The number of hydrogen-bond donors (Lipinski definition) is 2. The number of nitrogens with one attached hydrogen (secondary N) is 2. The highest BCUT2D eigenvalue weighted by Gasteiger charge is 2.17. The molecule has 0 spiro atoms. The van der Waals surface area contributed by atoms with Gasteiger partial charge in [-0.25, -0.2) is 4.79 Å². The lowest BCUT2D eigenvalue weighted by Gasteiger charge is -2.21. The van der Waals surface area contributed by atoms with Gasteiger partial charge in [0.1, 0.15) is 0 Å². The van der Waals surface area contributed by atoms with Gasteiger partial charge in [0.05, 0.1) is 24.0 Å². The fraction of sp³-hybridized carbons (Fsp3) is 0.524. The summed E-state index contributed by atoms with van der Waals surface area (Å²) in [6.45, 7) is 11.0. The molecule has 0 unspecified atom stereocenters. The Morgan fingerprint density at radius 1 is 1.19 bits per heavy atom. The van der Waals surface area contributed by atoms with E-state index in [2.05, 4.69) is 45.2 Å². The molecular weight excluding hydrogens is 338 g/mol. The molecule has 2 aromatic rings. The van der Waals surface area contributed by atoms with E-state index < -0.39 is 0 Å². The molecule has 0 fully saturated rings. The Morgan fingerprint density at radius 3 is 2.70 bits per heavy atom. The summed E-state index contributed by atoms with van der Waals surface area (Å²) in [5.41, 5.74) is 3.24. The lowest BCUT2D eigenvalue weighted by atomic mass is 10.1. The van der Waals surface area contributed by atoms with Crippen LogP contribution in [0.2, 0.25) is 0 Å². The lowest BCUT2D eigenvalue weighted by molar-refractivity contribution is 0.237. The number of amides is 2. The van der Waals surface area contributed by atoms with Crippen molar-refractivity contribution in [3.8, 4) is 0 Å². The molecule has 0 saturated carbocycles. The van der Waals surface area contributed by atoms with Crippen molar-refractivity contribution in [1.29, 1.82) is 0 Å². The number of hydrogen-bond acceptors (Lipinski definition) is 3. The van der Waals surface area contributed by atoms with Gasteiger partial charge in [0.25, 0.3) is 0 Å². The predicted molar refractivity (Wildman–Crippen MR) is 107 cm³/mol. The summed E-state index contributed by atoms with van der Waals surface area (Å²) < 4.78 is 2.10. The molecule has 6 nitrogen and oxygen atoms in total. The molecule has 0 bridgehead atoms. The van der Waals surface area contributed by atoms with Crippen LogP contribution in [0.3, 0.4) is 0 Å². The van der Waals surface area contributed by atoms with Crippen LogP contribution in [-0.4, -0.2) is 33.8 Å². The Hall–Kier alpha value is -2.34. The summed E-state index contributed by atoms with van der Waals surface area (Å²) in [4.78, 5) is 14.7. The van der Waals surface area contributed by atoms with Gasteiger partial charge in [-0.05, 0) is 30.9 Å². The van der Waals surface area contributed by atoms with Crippen molar-refractivity contribution in [2.24, 2.45) is 5.92 Å². The molecule has 3 rings (SSSR count). The van der Waals surface area contributed by atoms with Gasteiger partial charge in [-0.3, -0.25) is 9.58 Å². The molecule has 0 radical (unpaired) electrons. The van der Waals surface area contributed by atoms with Gasteiger partial charge >= 0.3 is 6.03 Å². The first-order valence-corrected chi connectivity index (χ1v) is 9.88. The van der Waals surface area contributed by atoms with Crippen LogP contribution >= 0.6 is 0 Å². The van der Waals surface area contributed by atoms with E-state index in [1.54, 1.807) is 0 Å². The molecular formula is C21H31N5O. The van der Waals surface area contributed by atoms with Crippen molar-refractivity contribution in [3.63, 3.8) is 0 Å². The number of carbonyl (C=O) groups excluding carboxylic acids is 1. The molecule has 2 heterocycles. The number of carbonyl (C=O) groups is 1. The largest absolute Gasteiger partial charge is 0.332 e. The highest BCUT2D eigenvalue weighted by molar-refractivity contribution is 5.74. The normalized spacial score (nSPS) is 15.9. The Kier molecular flexibility index (Phi) is 6.50. The standard InChI is InChI=1S/C21H31N5O/c1-16(2)14-25-10-7-11-26-20(15-25)12-19(24-26)13-22-21(27)23-17(3)18-8-5-4-6-9-18/h4-6,8-9,12,16-17H,7,10-11,13-15H2,1-3H3,(H2,22,23,27)/t17-/m1/s1. The van der Waals surface area contributed by atoms with Gasteiger partial charge in [0.2, 0.25) is 0 Å². The van der Waals surface area contributed by atoms with Gasteiger partial charge < -0.3 is 10.6 Å². The lowest BCUT2D eigenvalue weighted by Crippen LogP contribution is -2.36. The van der Waals surface area contributed by atoms with E-state index in [9.17, 15) is 4.79 Å². The van der Waals surface area contributed by atoms with E-state index in [4.69, 9.17) is 0 Å². The summed E-state index contributed by atoms with van der Waals surface area (Å²) in [6, 6.07) is 11.9. The van der Waals surface area contributed by atoms with Crippen molar-refractivity contribution >= 4 is 6.03 Å². The minimum atomic E-state index is -0.170. The average Bonchev–Trinajstić information content (AvgIpc) is 2.92. The Morgan fingerprint density at radius 2 is 1.96 bits per heavy atom. The first-order chi connectivity index (χ1) is 13.0. The number of benzene rings is 1. The molecule has 1 aliphatic heterocycles. The first kappa shape index (κ1) is 19.4. The van der Waals surface area contributed by atoms with Crippen LogP contribution in [0.1, 0.15) is 50.2 Å². The molecule has 2 amide bonds. The Labute approximate surface area is 161 Å². The van der Waals surface area contributed by atoms with Crippen LogP contribution < -0.4 is 10.6 Å². The summed E-state index contributed by atoms with van der Waals surface area (Å²) in [7, 11) is 0. The molecule has 1 atom stereocenters. The highest BCUT2D eigenvalue weighted by atomic mass is 16.2. The van der Waals surface area contributed by atoms with Gasteiger partial charge in [-0.15, -0.1) is 0 Å². The summed E-state index contributed by atoms with van der Waals surface area (Å²) in [6.07, 6.45) is 1.11. The molecule has 146 valence electrons. The topological polar surface area (TPSA) is 62.2 Å². The minimum Gasteiger partial charge on any atom is -0.332 e. The van der Waals surface area contributed by atoms with Crippen LogP contribution in [0.5, 0.6) is 0 Å². The molecule has 1 aromatic carbocycles. The van der Waals surface area contributed by atoms with Gasteiger partial charge in [0.15, 0.2) is 0 Å². The fourth-order valence-electron chi connectivity index (χ4n) is 3.59. The Bertz CT molecular complexity index is 740. The number of urea groups is 1.